The number of fused-ring (bicyclic) bond motifs is 1. The lowest BCUT2D eigenvalue weighted by Crippen LogP contribution is -2.57. The topological polar surface area (TPSA) is 62.4 Å². The van der Waals surface area contributed by atoms with Gasteiger partial charge >= 0.3 is 5.97 Å². The van der Waals surface area contributed by atoms with E-state index in [4.69, 9.17) is 16.3 Å². The second-order valence-corrected chi connectivity index (χ2v) is 7.17. The molecular formula is C22H23ClN2O3. The van der Waals surface area contributed by atoms with Crippen molar-refractivity contribution < 1.29 is 14.3 Å². The third-order valence-corrected chi connectivity index (χ3v) is 5.26. The van der Waals surface area contributed by atoms with E-state index in [1.54, 1.807) is 6.92 Å². The molecule has 0 fully saturated rings. The van der Waals surface area contributed by atoms with Gasteiger partial charge < -0.3 is 14.6 Å². The van der Waals surface area contributed by atoms with E-state index >= 15 is 0 Å². The van der Waals surface area contributed by atoms with Crippen LogP contribution in [-0.2, 0) is 27.3 Å². The largest absolute Gasteiger partial charge is 0.467 e. The van der Waals surface area contributed by atoms with Crippen molar-refractivity contribution in [1.82, 2.24) is 9.88 Å². The first kappa shape index (κ1) is 20.0. The predicted molar refractivity (Wildman–Crippen MR) is 110 cm³/mol. The Morgan fingerprint density at radius 1 is 1.11 bits per heavy atom. The summed E-state index contributed by atoms with van der Waals surface area (Å²) in [6.07, 6.45) is 2.18. The molecule has 3 aromatic rings. The van der Waals surface area contributed by atoms with Crippen LogP contribution in [0, 0.1) is 0 Å². The van der Waals surface area contributed by atoms with E-state index in [9.17, 15) is 9.59 Å². The number of aromatic amines is 1. The summed E-state index contributed by atoms with van der Waals surface area (Å²) in [5, 5.41) is 1.01. The van der Waals surface area contributed by atoms with Gasteiger partial charge in [0.25, 0.3) is 0 Å². The number of halogens is 1. The highest BCUT2D eigenvalue weighted by Gasteiger charge is 2.43. The first-order valence-corrected chi connectivity index (χ1v) is 9.57. The van der Waals surface area contributed by atoms with Crippen molar-refractivity contribution in [2.45, 2.75) is 25.4 Å². The fraction of sp³-hybridized carbons (Fsp3) is 0.273. The molecule has 1 N–H and O–H groups in total. The van der Waals surface area contributed by atoms with Gasteiger partial charge in [-0.25, -0.2) is 4.79 Å². The van der Waals surface area contributed by atoms with Crippen LogP contribution in [0.3, 0.4) is 0 Å². The minimum atomic E-state index is -1.21. The van der Waals surface area contributed by atoms with Gasteiger partial charge in [0.2, 0.25) is 5.91 Å². The number of carbonyl (C=O) groups is 2. The van der Waals surface area contributed by atoms with Gasteiger partial charge in [-0.2, -0.15) is 0 Å². The standard InChI is InChI=1S/C22H23ClN2O3/c1-22(21(27)28-2,12-17-14-24-19-11-7-6-10-18(17)19)25(20(26)13-23)15-16-8-4-3-5-9-16/h3-11,14,24H,12-13,15H2,1-2H3/t22-/m1/s1. The van der Waals surface area contributed by atoms with Crippen LogP contribution >= 0.6 is 11.6 Å². The maximum Gasteiger partial charge on any atom is 0.331 e. The van der Waals surface area contributed by atoms with Gasteiger partial charge in [-0.15, -0.1) is 11.6 Å². The Morgan fingerprint density at radius 2 is 1.79 bits per heavy atom. The number of methoxy groups -OCH3 is 1. The van der Waals surface area contributed by atoms with E-state index in [1.807, 2.05) is 60.8 Å². The van der Waals surface area contributed by atoms with Crippen molar-refractivity contribution in [3.63, 3.8) is 0 Å². The van der Waals surface area contributed by atoms with Gasteiger partial charge in [-0.3, -0.25) is 4.79 Å². The van der Waals surface area contributed by atoms with Crippen LogP contribution < -0.4 is 0 Å². The molecule has 0 unspecified atom stereocenters. The molecule has 0 saturated carbocycles. The molecule has 1 heterocycles. The Kier molecular flexibility index (Phi) is 6.05. The highest BCUT2D eigenvalue weighted by molar-refractivity contribution is 6.27. The molecule has 0 spiro atoms. The number of aromatic nitrogens is 1. The van der Waals surface area contributed by atoms with E-state index in [1.165, 1.54) is 12.0 Å². The molecule has 3 rings (SSSR count). The molecule has 6 heteroatoms. The van der Waals surface area contributed by atoms with Crippen LogP contribution in [0.5, 0.6) is 0 Å². The first-order valence-electron chi connectivity index (χ1n) is 9.03. The molecular weight excluding hydrogens is 376 g/mol. The maximum atomic E-state index is 12.9. The zero-order valence-corrected chi connectivity index (χ0v) is 16.7. The van der Waals surface area contributed by atoms with Crippen molar-refractivity contribution in [1.29, 1.82) is 0 Å². The van der Waals surface area contributed by atoms with Gasteiger partial charge in [-0.05, 0) is 24.1 Å². The zero-order valence-electron chi connectivity index (χ0n) is 15.9. The Hall–Kier alpha value is -2.79. The lowest BCUT2D eigenvalue weighted by Gasteiger charge is -2.39. The molecule has 146 valence electrons. The van der Waals surface area contributed by atoms with E-state index in [2.05, 4.69) is 4.98 Å². The summed E-state index contributed by atoms with van der Waals surface area (Å²) in [7, 11) is 1.33. The number of hydrogen-bond donors (Lipinski definition) is 1. The van der Waals surface area contributed by atoms with Crippen LogP contribution in [0.25, 0.3) is 10.9 Å². The summed E-state index contributed by atoms with van der Waals surface area (Å²) in [4.78, 5) is 30.4. The number of carbonyl (C=O) groups excluding carboxylic acids is 2. The Balaban J connectivity index is 2.03. The smallest absolute Gasteiger partial charge is 0.331 e. The summed E-state index contributed by atoms with van der Waals surface area (Å²) in [6, 6.07) is 17.4. The van der Waals surface area contributed by atoms with Crippen molar-refractivity contribution in [3.05, 3.63) is 71.9 Å². The van der Waals surface area contributed by atoms with Gasteiger partial charge in [0.05, 0.1) is 7.11 Å². The normalized spacial score (nSPS) is 13.1. The number of ether oxygens (including phenoxy) is 1. The fourth-order valence-electron chi connectivity index (χ4n) is 3.52. The second kappa shape index (κ2) is 8.48. The molecule has 2 aromatic carbocycles. The zero-order chi connectivity index (χ0) is 20.1. The number of esters is 1. The number of H-pyrrole nitrogens is 1. The van der Waals surface area contributed by atoms with Crippen molar-refractivity contribution in [2.24, 2.45) is 0 Å². The minimum Gasteiger partial charge on any atom is -0.467 e. The van der Waals surface area contributed by atoms with Crippen LogP contribution in [0.4, 0.5) is 0 Å². The third-order valence-electron chi connectivity index (χ3n) is 5.03. The molecule has 0 saturated heterocycles. The molecule has 0 radical (unpaired) electrons. The quantitative estimate of drug-likeness (QED) is 0.484. The maximum absolute atomic E-state index is 12.9. The van der Waals surface area contributed by atoms with Gasteiger partial charge in [0.1, 0.15) is 11.4 Å². The Morgan fingerprint density at radius 3 is 2.46 bits per heavy atom. The highest BCUT2D eigenvalue weighted by Crippen LogP contribution is 2.29. The molecule has 1 aromatic heterocycles. The summed E-state index contributed by atoms with van der Waals surface area (Å²) in [5.74, 6) is -1.02. The summed E-state index contributed by atoms with van der Waals surface area (Å²) in [6.45, 7) is 1.99. The van der Waals surface area contributed by atoms with Crippen molar-refractivity contribution >= 4 is 34.4 Å². The van der Waals surface area contributed by atoms with E-state index < -0.39 is 11.5 Å². The minimum absolute atomic E-state index is 0.215. The number of rotatable bonds is 7. The lowest BCUT2D eigenvalue weighted by molar-refractivity contribution is -0.160. The number of nitrogens with one attached hydrogen (secondary N) is 1. The molecule has 0 aliphatic rings. The first-order chi connectivity index (χ1) is 13.5. The van der Waals surface area contributed by atoms with Crippen molar-refractivity contribution in [2.75, 3.05) is 13.0 Å². The second-order valence-electron chi connectivity index (χ2n) is 6.90. The Labute approximate surface area is 169 Å². The van der Waals surface area contributed by atoms with Crippen LogP contribution in [0.15, 0.2) is 60.8 Å². The summed E-state index contributed by atoms with van der Waals surface area (Å²) < 4.78 is 5.10. The van der Waals surface area contributed by atoms with Gasteiger partial charge in [0.15, 0.2) is 0 Å². The predicted octanol–water partition coefficient (Wildman–Crippen LogP) is 3.91. The van der Waals surface area contributed by atoms with Gasteiger partial charge in [0, 0.05) is 30.1 Å². The lowest BCUT2D eigenvalue weighted by atomic mass is 9.89. The molecule has 0 aliphatic carbocycles. The monoisotopic (exact) mass is 398 g/mol. The molecule has 0 bridgehead atoms. The van der Waals surface area contributed by atoms with Crippen LogP contribution in [0.1, 0.15) is 18.1 Å². The van der Waals surface area contributed by atoms with E-state index in [0.717, 1.165) is 22.0 Å². The number of alkyl halides is 1. The van der Waals surface area contributed by atoms with Crippen LogP contribution in [0.2, 0.25) is 0 Å². The number of hydrogen-bond acceptors (Lipinski definition) is 3. The van der Waals surface area contributed by atoms with E-state index in [-0.39, 0.29) is 18.3 Å². The summed E-state index contributed by atoms with van der Waals surface area (Å²) in [5.41, 5.74) is 1.61. The molecule has 0 aliphatic heterocycles. The molecule has 28 heavy (non-hydrogen) atoms. The average molecular weight is 399 g/mol. The number of amides is 1. The summed E-state index contributed by atoms with van der Waals surface area (Å²) >= 11 is 5.89. The third kappa shape index (κ3) is 3.90. The SMILES string of the molecule is COC(=O)[C@@](C)(Cc1c[nH]c2ccccc12)N(Cc1ccccc1)C(=O)CCl. The van der Waals surface area contributed by atoms with Crippen LogP contribution in [-0.4, -0.2) is 40.3 Å². The van der Waals surface area contributed by atoms with E-state index in [0.29, 0.717) is 6.42 Å². The number of para-hydroxylation sites is 1. The molecule has 1 atom stereocenters. The fourth-order valence-corrected chi connectivity index (χ4v) is 3.67. The van der Waals surface area contributed by atoms with Gasteiger partial charge in [-0.1, -0.05) is 48.5 Å². The number of benzene rings is 2. The molecule has 1 amide bonds. The molecule has 5 nitrogen and oxygen atoms in total. The number of nitrogens with zero attached hydrogens (tertiary/aromatic N) is 1. The van der Waals surface area contributed by atoms with Crippen molar-refractivity contribution in [3.8, 4) is 0 Å². The Bertz CT molecular complexity index is 970. The average Bonchev–Trinajstić information content (AvgIpc) is 3.14. The highest BCUT2D eigenvalue weighted by atomic mass is 35.5.